The van der Waals surface area contributed by atoms with Gasteiger partial charge in [-0.3, -0.25) is 0 Å². The van der Waals surface area contributed by atoms with Gasteiger partial charge in [-0.05, 0) is 39.5 Å². The minimum Gasteiger partial charge on any atom is -0.392 e. The van der Waals surface area contributed by atoms with E-state index in [1.165, 1.54) is 0 Å². The number of aliphatic hydroxyl groups excluding tert-OH is 4. The molecule has 0 amide bonds. The van der Waals surface area contributed by atoms with Crippen molar-refractivity contribution in [3.63, 3.8) is 0 Å². The molecule has 4 aliphatic rings. The molecular formula is C20H32O6. The summed E-state index contributed by atoms with van der Waals surface area (Å²) >= 11 is 0. The molecule has 4 aliphatic carbocycles. The third-order valence-electron chi connectivity index (χ3n) is 8.64. The van der Waals surface area contributed by atoms with Crippen LogP contribution in [-0.4, -0.2) is 66.3 Å². The summed E-state index contributed by atoms with van der Waals surface area (Å²) in [5, 5.41) is 66.1. The van der Waals surface area contributed by atoms with E-state index in [1.54, 1.807) is 20.8 Å². The summed E-state index contributed by atoms with van der Waals surface area (Å²) in [6, 6.07) is 0. The Labute approximate surface area is 154 Å². The van der Waals surface area contributed by atoms with Gasteiger partial charge in [-0.25, -0.2) is 0 Å². The Kier molecular flexibility index (Phi) is 3.70. The predicted molar refractivity (Wildman–Crippen MR) is 94.0 cm³/mol. The summed E-state index contributed by atoms with van der Waals surface area (Å²) in [6.07, 6.45) is -2.64. The first kappa shape index (κ1) is 18.8. The van der Waals surface area contributed by atoms with Crippen LogP contribution in [0.15, 0.2) is 11.1 Å². The Morgan fingerprint density at radius 2 is 1.58 bits per heavy atom. The van der Waals surface area contributed by atoms with Gasteiger partial charge in [0.25, 0.3) is 0 Å². The molecule has 0 aromatic rings. The minimum atomic E-state index is -1.71. The van der Waals surface area contributed by atoms with Gasteiger partial charge in [-0.15, -0.1) is 0 Å². The lowest BCUT2D eigenvalue weighted by atomic mass is 9.64. The Morgan fingerprint density at radius 1 is 0.962 bits per heavy atom. The van der Waals surface area contributed by atoms with E-state index in [4.69, 9.17) is 0 Å². The van der Waals surface area contributed by atoms with E-state index >= 15 is 0 Å². The average molecular weight is 368 g/mol. The summed E-state index contributed by atoms with van der Waals surface area (Å²) in [7, 11) is 0. The molecule has 0 aromatic carbocycles. The molecule has 0 heterocycles. The Hall–Kier alpha value is -0.500. The Morgan fingerprint density at radius 3 is 2.19 bits per heavy atom. The van der Waals surface area contributed by atoms with Crippen LogP contribution in [0, 0.1) is 22.7 Å². The van der Waals surface area contributed by atoms with Crippen molar-refractivity contribution in [3.8, 4) is 0 Å². The van der Waals surface area contributed by atoms with Crippen LogP contribution in [0.4, 0.5) is 0 Å². The van der Waals surface area contributed by atoms with Crippen LogP contribution in [-0.2, 0) is 0 Å². The van der Waals surface area contributed by atoms with Crippen LogP contribution in [0.5, 0.6) is 0 Å². The zero-order valence-corrected chi connectivity index (χ0v) is 16.0. The largest absolute Gasteiger partial charge is 0.392 e. The molecule has 26 heavy (non-hydrogen) atoms. The second-order valence-corrected chi connectivity index (χ2v) is 10.1. The summed E-state index contributed by atoms with van der Waals surface area (Å²) in [4.78, 5) is 0. The minimum absolute atomic E-state index is 0.114. The normalized spacial score (nSPS) is 58.4. The van der Waals surface area contributed by atoms with Crippen molar-refractivity contribution >= 4 is 0 Å². The predicted octanol–water partition coefficient (Wildman–Crippen LogP) is 0.0884. The van der Waals surface area contributed by atoms with Gasteiger partial charge in [0.2, 0.25) is 0 Å². The van der Waals surface area contributed by atoms with E-state index in [2.05, 4.69) is 0 Å². The van der Waals surface area contributed by atoms with Crippen molar-refractivity contribution in [2.24, 2.45) is 22.7 Å². The first-order valence-corrected chi connectivity index (χ1v) is 9.69. The van der Waals surface area contributed by atoms with Gasteiger partial charge >= 0.3 is 0 Å². The van der Waals surface area contributed by atoms with Gasteiger partial charge in [0.05, 0.1) is 30.0 Å². The smallest absolute Gasteiger partial charge is 0.107 e. The van der Waals surface area contributed by atoms with Crippen molar-refractivity contribution in [2.45, 2.75) is 89.0 Å². The number of rotatable bonds is 0. The van der Waals surface area contributed by atoms with Crippen LogP contribution in [0.1, 0.15) is 53.4 Å². The molecule has 3 fully saturated rings. The lowest BCUT2D eigenvalue weighted by Crippen LogP contribution is -2.57. The molecule has 148 valence electrons. The number of hydrogen-bond donors (Lipinski definition) is 6. The molecule has 0 aromatic heterocycles. The summed E-state index contributed by atoms with van der Waals surface area (Å²) in [5.41, 5.74) is -2.97. The third kappa shape index (κ3) is 1.84. The van der Waals surface area contributed by atoms with Crippen molar-refractivity contribution in [1.82, 2.24) is 0 Å². The molecule has 0 saturated heterocycles. The van der Waals surface area contributed by atoms with Crippen LogP contribution in [0.2, 0.25) is 0 Å². The molecule has 2 bridgehead atoms. The van der Waals surface area contributed by atoms with Crippen LogP contribution < -0.4 is 0 Å². The molecule has 0 aliphatic heterocycles. The van der Waals surface area contributed by atoms with Crippen molar-refractivity contribution < 1.29 is 30.6 Å². The number of hydrogen-bond acceptors (Lipinski definition) is 6. The van der Waals surface area contributed by atoms with E-state index in [0.29, 0.717) is 19.3 Å². The maximum Gasteiger partial charge on any atom is 0.107 e. The standard InChI is InChI=1S/C20H32O6/c1-9-10-5-6-11-15(23)19(10,8-18(11,4)25)7-12(21)20(26)13(9)14(22)16(24)17(20,2)3/h11-16,21-26H,5-8H2,1-4H3/t11-,12-,13-,14-,15-,16+,18-,19+,20-/m1/s1. The summed E-state index contributed by atoms with van der Waals surface area (Å²) in [6.45, 7) is 6.91. The maximum atomic E-state index is 11.6. The highest BCUT2D eigenvalue weighted by atomic mass is 16.4. The topological polar surface area (TPSA) is 121 Å². The zero-order chi connectivity index (χ0) is 19.4. The fourth-order valence-corrected chi connectivity index (χ4v) is 7.23. The molecule has 4 rings (SSSR count). The summed E-state index contributed by atoms with van der Waals surface area (Å²) in [5.74, 6) is -1.06. The third-order valence-corrected chi connectivity index (χ3v) is 8.64. The van der Waals surface area contributed by atoms with Crippen molar-refractivity contribution in [3.05, 3.63) is 11.1 Å². The Balaban J connectivity index is 1.94. The lowest BCUT2D eigenvalue weighted by molar-refractivity contribution is -0.173. The van der Waals surface area contributed by atoms with Gasteiger partial charge in [0.1, 0.15) is 5.60 Å². The van der Waals surface area contributed by atoms with E-state index in [1.807, 2.05) is 6.92 Å². The van der Waals surface area contributed by atoms with E-state index in [0.717, 1.165) is 11.1 Å². The lowest BCUT2D eigenvalue weighted by Gasteiger charge is -2.45. The van der Waals surface area contributed by atoms with Gasteiger partial charge in [-0.1, -0.05) is 25.0 Å². The molecule has 1 spiro atoms. The highest BCUT2D eigenvalue weighted by Gasteiger charge is 2.72. The van der Waals surface area contributed by atoms with Gasteiger partial charge in [0.15, 0.2) is 0 Å². The number of aliphatic hydroxyl groups is 6. The van der Waals surface area contributed by atoms with Gasteiger partial charge < -0.3 is 30.6 Å². The monoisotopic (exact) mass is 368 g/mol. The zero-order valence-electron chi connectivity index (χ0n) is 16.0. The molecule has 3 saturated carbocycles. The summed E-state index contributed by atoms with van der Waals surface area (Å²) < 4.78 is 0. The first-order valence-electron chi connectivity index (χ1n) is 9.69. The molecule has 6 N–H and O–H groups in total. The highest BCUT2D eigenvalue weighted by Crippen LogP contribution is 2.66. The van der Waals surface area contributed by atoms with E-state index in [9.17, 15) is 30.6 Å². The first-order chi connectivity index (χ1) is 11.8. The van der Waals surface area contributed by atoms with E-state index < -0.39 is 52.4 Å². The molecule has 9 atom stereocenters. The van der Waals surface area contributed by atoms with Crippen LogP contribution in [0.3, 0.4) is 0 Å². The van der Waals surface area contributed by atoms with Crippen LogP contribution >= 0.6 is 0 Å². The second kappa shape index (κ2) is 5.10. The highest BCUT2D eigenvalue weighted by molar-refractivity contribution is 5.40. The molecular weight excluding hydrogens is 336 g/mol. The van der Waals surface area contributed by atoms with Crippen LogP contribution in [0.25, 0.3) is 0 Å². The van der Waals surface area contributed by atoms with Gasteiger partial charge in [0, 0.05) is 22.7 Å². The maximum absolute atomic E-state index is 11.6. The quantitative estimate of drug-likeness (QED) is 0.337. The fourth-order valence-electron chi connectivity index (χ4n) is 7.23. The molecule has 6 heteroatoms. The second-order valence-electron chi connectivity index (χ2n) is 10.1. The van der Waals surface area contributed by atoms with E-state index in [-0.39, 0.29) is 12.3 Å². The number of fused-ring (bicyclic) bond motifs is 2. The van der Waals surface area contributed by atoms with Crippen molar-refractivity contribution in [1.29, 1.82) is 0 Å². The van der Waals surface area contributed by atoms with Crippen molar-refractivity contribution in [2.75, 3.05) is 0 Å². The molecule has 6 nitrogen and oxygen atoms in total. The Bertz CT molecular complexity index is 669. The SMILES string of the molecule is CC1=C2CC[C@@H]3[C@@H](O)[C@@]2(C[C@@H](O)[C@@]2(O)[C@H]1[C@@H](O)[C@H](O)C2(C)C)C[C@@]3(C)O. The molecule has 0 radical (unpaired) electrons. The molecule has 0 unspecified atom stereocenters. The van der Waals surface area contributed by atoms with Gasteiger partial charge in [-0.2, -0.15) is 0 Å². The average Bonchev–Trinajstić information content (AvgIpc) is 2.70. The fraction of sp³-hybridized carbons (Fsp3) is 0.900.